The Morgan fingerprint density at radius 2 is 0.981 bits per heavy atom. The first-order chi connectivity index (χ1) is 23.8. The Morgan fingerprint density at radius 3 is 1.34 bits per heavy atom. The van der Waals surface area contributed by atoms with Crippen LogP contribution >= 0.6 is 24.8 Å². The third-order valence-corrected chi connectivity index (χ3v) is 9.07. The molecule has 0 aliphatic heterocycles. The van der Waals surface area contributed by atoms with Gasteiger partial charge < -0.3 is 7.43 Å². The first-order valence-corrected chi connectivity index (χ1v) is 21.7. The van der Waals surface area contributed by atoms with Gasteiger partial charge in [0, 0.05) is 0 Å². The van der Waals surface area contributed by atoms with E-state index in [0.717, 1.165) is 0 Å². The fourth-order valence-electron chi connectivity index (χ4n) is 6.12. The minimum absolute atomic E-state index is 0. The van der Waals surface area contributed by atoms with E-state index in [0.29, 0.717) is 5.92 Å². The number of aryl methyl sites for hydroxylation is 1. The smallest absolute Gasteiger partial charge is 0.171 e. The molecule has 0 aromatic heterocycles. The molecule has 0 bridgehead atoms. The Morgan fingerprint density at radius 1 is 0.566 bits per heavy atom. The van der Waals surface area contributed by atoms with E-state index in [1.54, 1.807) is 0 Å². The Balaban J connectivity index is 0.000000421. The molecule has 4 heteroatoms. The molecule has 0 spiro atoms. The van der Waals surface area contributed by atoms with Crippen molar-refractivity contribution in [2.75, 3.05) is 0 Å². The van der Waals surface area contributed by atoms with Crippen LogP contribution in [0.3, 0.4) is 0 Å². The normalized spacial score (nSPS) is 10.6. The van der Waals surface area contributed by atoms with Gasteiger partial charge in [-0.3, -0.25) is 0 Å². The minimum atomic E-state index is 0. The van der Waals surface area contributed by atoms with Gasteiger partial charge in [0.25, 0.3) is 0 Å². The van der Waals surface area contributed by atoms with Crippen molar-refractivity contribution in [1.29, 1.82) is 0 Å². The fourth-order valence-corrected chi connectivity index (χ4v) is 6.12. The number of hydrogen-bond donors (Lipinski definition) is 0. The van der Waals surface area contributed by atoms with Gasteiger partial charge in [0.15, 0.2) is 0 Å². The summed E-state index contributed by atoms with van der Waals surface area (Å²) in [5, 5.41) is 5.41. The second kappa shape index (κ2) is 21.8. The van der Waals surface area contributed by atoms with E-state index in [1.807, 2.05) is 30.3 Å². The Bertz CT molecular complexity index is 2050. The molecule has 0 unspecified atom stereocenters. The molecule has 0 heterocycles. The molecule has 7 rings (SSSR count). The molecule has 0 amide bonds. The SMILES string of the molecule is CC(C)c1cc2c(-c3ccc(C(C)(C)C)cc3)cccc2[cH-]1.Cc1cc2c(-c3ccc(C(C)(C)C)cc3)cccc2[cH-]1.Cl.Cl.[CH3-].[Si]=[Zr].[c-]1ccccc1. The van der Waals surface area contributed by atoms with E-state index in [1.165, 1.54) is 89.4 Å². The summed E-state index contributed by atoms with van der Waals surface area (Å²) in [5.74, 6) is 0.573. The summed E-state index contributed by atoms with van der Waals surface area (Å²) in [4.78, 5) is 0. The topological polar surface area (TPSA) is 0 Å². The summed E-state index contributed by atoms with van der Waals surface area (Å²) in [6, 6.07) is 52.9. The number of benzene rings is 5. The molecule has 0 aliphatic carbocycles. The Kier molecular flexibility index (Phi) is 19.7. The standard InChI is InChI=1S/C22H25.C20H21.C6H5.CH3.2ClH.Si.Zr/c1-15(2)18-13-17-7-6-8-20(21(17)14-18)16-9-11-19(12-10-16)22(3,4)5;1-14-12-16-6-5-7-18(19(16)13-14)15-8-10-17(11-9-15)20(2,3)4;1-2-4-6-5-3-1;;;;;/h6-15H,1-5H3;5-13H,1-4H3;1-5H;1H3;2*1H;;/q4*-1;;;;. The van der Waals surface area contributed by atoms with Crippen molar-refractivity contribution >= 4 is 53.2 Å². The maximum Gasteiger partial charge on any atom is -0.171 e. The van der Waals surface area contributed by atoms with Crippen molar-refractivity contribution in [1.82, 2.24) is 0 Å². The molecule has 0 aliphatic rings. The van der Waals surface area contributed by atoms with Gasteiger partial charge in [0.2, 0.25) is 0 Å². The monoisotopic (exact) mass is 832 g/mol. The molecular formula is C49H56Cl2SiZr-4. The van der Waals surface area contributed by atoms with E-state index in [9.17, 15) is 0 Å². The van der Waals surface area contributed by atoms with Crippen LogP contribution in [0.4, 0.5) is 0 Å². The average molecular weight is 835 g/mol. The third-order valence-electron chi connectivity index (χ3n) is 9.07. The van der Waals surface area contributed by atoms with Gasteiger partial charge in [-0.05, 0) is 39.0 Å². The predicted octanol–water partition coefficient (Wildman–Crippen LogP) is 14.9. The number of fused-ring (bicyclic) bond motifs is 2. The molecular weight excluding hydrogens is 779 g/mol. The molecule has 2 radical (unpaired) electrons. The van der Waals surface area contributed by atoms with Gasteiger partial charge in [-0.15, -0.1) is 93.9 Å². The first-order valence-electron chi connectivity index (χ1n) is 17.5. The van der Waals surface area contributed by atoms with Crippen LogP contribution in [0, 0.1) is 20.4 Å². The molecule has 0 nitrogen and oxygen atoms in total. The van der Waals surface area contributed by atoms with Gasteiger partial charge >= 0.3 is 30.2 Å². The number of rotatable bonds is 3. The van der Waals surface area contributed by atoms with Crippen molar-refractivity contribution in [3.05, 3.63) is 175 Å². The zero-order valence-electron chi connectivity index (χ0n) is 33.2. The largest absolute Gasteiger partial charge is 0.184 e. The van der Waals surface area contributed by atoms with Gasteiger partial charge in [-0.1, -0.05) is 134 Å². The molecule has 0 saturated carbocycles. The number of hydrogen-bond acceptors (Lipinski definition) is 0. The summed E-state index contributed by atoms with van der Waals surface area (Å²) in [6.45, 7) is 23.3. The van der Waals surface area contributed by atoms with Crippen LogP contribution < -0.4 is 0 Å². The van der Waals surface area contributed by atoms with Crippen LogP contribution in [0.15, 0.2) is 140 Å². The van der Waals surface area contributed by atoms with Crippen LogP contribution in [0.5, 0.6) is 0 Å². The van der Waals surface area contributed by atoms with Crippen LogP contribution in [-0.4, -0.2) is 6.88 Å². The zero-order valence-corrected chi connectivity index (χ0v) is 38.3. The maximum atomic E-state index is 3.06. The van der Waals surface area contributed by atoms with E-state index in [-0.39, 0.29) is 43.1 Å². The molecule has 0 atom stereocenters. The van der Waals surface area contributed by atoms with Crippen molar-refractivity contribution in [2.24, 2.45) is 0 Å². The molecule has 278 valence electrons. The van der Waals surface area contributed by atoms with Crippen LogP contribution in [0.2, 0.25) is 0 Å². The molecule has 7 aromatic carbocycles. The van der Waals surface area contributed by atoms with Crippen molar-refractivity contribution < 1.29 is 23.3 Å². The van der Waals surface area contributed by atoms with E-state index in [2.05, 4.69) is 184 Å². The summed E-state index contributed by atoms with van der Waals surface area (Å²) in [6.07, 6.45) is 0. The quantitative estimate of drug-likeness (QED) is 0.123. The molecule has 0 saturated heterocycles. The molecule has 7 aromatic rings. The molecule has 0 fully saturated rings. The second-order valence-corrected chi connectivity index (χ2v) is 15.3. The van der Waals surface area contributed by atoms with Gasteiger partial charge in [-0.2, -0.15) is 48.5 Å². The molecule has 53 heavy (non-hydrogen) atoms. The fraction of sp³-hybridized carbons (Fsp3) is 0.245. The second-order valence-electron chi connectivity index (χ2n) is 15.3. The summed E-state index contributed by atoms with van der Waals surface area (Å²) in [7, 11) is 0. The Labute approximate surface area is 350 Å². The van der Waals surface area contributed by atoms with E-state index >= 15 is 0 Å². The van der Waals surface area contributed by atoms with Crippen LogP contribution in [0.25, 0.3) is 43.8 Å². The van der Waals surface area contributed by atoms with Gasteiger partial charge in [-0.25, -0.2) is 0 Å². The summed E-state index contributed by atoms with van der Waals surface area (Å²) in [5.41, 5.74) is 11.2. The average Bonchev–Trinajstić information content (AvgIpc) is 3.73. The summed E-state index contributed by atoms with van der Waals surface area (Å²) < 4.78 is 0. The van der Waals surface area contributed by atoms with Crippen molar-refractivity contribution in [2.45, 2.75) is 79.1 Å². The first kappa shape index (κ1) is 48.0. The van der Waals surface area contributed by atoms with Crippen molar-refractivity contribution in [3.8, 4) is 22.3 Å². The van der Waals surface area contributed by atoms with Gasteiger partial charge in [0.05, 0.1) is 0 Å². The number of halogens is 2. The maximum absolute atomic E-state index is 3.06. The molecule has 0 N–H and O–H groups in total. The van der Waals surface area contributed by atoms with Crippen LogP contribution in [0.1, 0.15) is 83.6 Å². The van der Waals surface area contributed by atoms with Gasteiger partial charge in [0.1, 0.15) is 0 Å². The van der Waals surface area contributed by atoms with Crippen LogP contribution in [-0.2, 0) is 34.2 Å². The predicted molar refractivity (Wildman–Crippen MR) is 238 cm³/mol. The minimum Gasteiger partial charge on any atom is -0.184 e. The third kappa shape index (κ3) is 13.1. The zero-order chi connectivity index (χ0) is 36.5. The van der Waals surface area contributed by atoms with E-state index < -0.39 is 0 Å². The summed E-state index contributed by atoms with van der Waals surface area (Å²) >= 11 is 1.36. The van der Waals surface area contributed by atoms with Crippen molar-refractivity contribution in [3.63, 3.8) is 0 Å². The van der Waals surface area contributed by atoms with E-state index in [4.69, 9.17) is 0 Å². The Hall–Kier alpha value is -3.00.